The lowest BCUT2D eigenvalue weighted by Gasteiger charge is -2.39. The van der Waals surface area contributed by atoms with E-state index in [9.17, 15) is 15.2 Å². The van der Waals surface area contributed by atoms with Crippen molar-refractivity contribution in [3.63, 3.8) is 0 Å². The molecular formula is C35H38Cl2F2N2O3. The Labute approximate surface area is 268 Å². The van der Waals surface area contributed by atoms with Gasteiger partial charge in [-0.15, -0.1) is 0 Å². The topological polar surface area (TPSA) is 73.6 Å². The van der Waals surface area contributed by atoms with Crippen molar-refractivity contribution >= 4 is 29.2 Å². The molecule has 44 heavy (non-hydrogen) atoms. The highest BCUT2D eigenvalue weighted by atomic mass is 35.5. The average Bonchev–Trinajstić information content (AvgIpc) is 3.22. The number of aryl methyl sites for hydroxylation is 1. The molecule has 0 saturated carbocycles. The smallest absolute Gasteiger partial charge is 0.338 e. The third-order valence-corrected chi connectivity index (χ3v) is 8.97. The van der Waals surface area contributed by atoms with Crippen LogP contribution in [-0.4, -0.2) is 47.8 Å². The summed E-state index contributed by atoms with van der Waals surface area (Å²) < 4.78 is 36.8. The van der Waals surface area contributed by atoms with Gasteiger partial charge < -0.3 is 9.84 Å². The van der Waals surface area contributed by atoms with Crippen molar-refractivity contribution in [2.45, 2.75) is 70.4 Å². The lowest BCUT2D eigenvalue weighted by Crippen LogP contribution is -2.47. The fourth-order valence-corrected chi connectivity index (χ4v) is 7.00. The summed E-state index contributed by atoms with van der Waals surface area (Å²) in [5, 5.41) is 22.1. The number of esters is 1. The first kappa shape index (κ1) is 33.9. The summed E-state index contributed by atoms with van der Waals surface area (Å²) in [4.78, 5) is 14.1. The molecular weight excluding hydrogens is 605 g/mol. The quantitative estimate of drug-likeness (QED) is 0.226. The van der Waals surface area contributed by atoms with Crippen LogP contribution in [0.2, 0.25) is 10.0 Å². The number of hydrogen-bond acceptors (Lipinski definition) is 5. The van der Waals surface area contributed by atoms with E-state index in [1.807, 2.05) is 32.9 Å². The van der Waals surface area contributed by atoms with Crippen LogP contribution in [0.5, 0.6) is 0 Å². The number of ether oxygens (including phenoxy) is 1. The third kappa shape index (κ3) is 6.79. The fourth-order valence-electron chi connectivity index (χ4n) is 6.66. The van der Waals surface area contributed by atoms with Gasteiger partial charge in [0.2, 0.25) is 0 Å². The zero-order valence-electron chi connectivity index (χ0n) is 25.4. The number of benzene rings is 3. The Balaban J connectivity index is 1.81. The van der Waals surface area contributed by atoms with Crippen molar-refractivity contribution in [2.24, 2.45) is 5.41 Å². The van der Waals surface area contributed by atoms with Crippen LogP contribution >= 0.6 is 23.2 Å². The Hall–Kier alpha value is -3.02. The SMILES string of the molecule is CCOC(=O)c1ccc(CCCN2C(CO)C(c3cccc(Cl)c3F)C(C#N)(c3ccc(Cl)cc3F)C2CC(C)(C)C)cc1. The number of carbonyl (C=O) groups excluding carboxylic acids is 1. The molecule has 3 aromatic rings. The highest BCUT2D eigenvalue weighted by molar-refractivity contribution is 6.31. The Morgan fingerprint density at radius 1 is 1.11 bits per heavy atom. The summed E-state index contributed by atoms with van der Waals surface area (Å²) >= 11 is 12.4. The minimum Gasteiger partial charge on any atom is -0.462 e. The van der Waals surface area contributed by atoms with Crippen LogP contribution in [0.15, 0.2) is 60.7 Å². The molecule has 9 heteroatoms. The van der Waals surface area contributed by atoms with Gasteiger partial charge >= 0.3 is 5.97 Å². The maximum absolute atomic E-state index is 15.9. The minimum atomic E-state index is -1.58. The van der Waals surface area contributed by atoms with Crippen molar-refractivity contribution in [3.8, 4) is 6.07 Å². The maximum atomic E-state index is 15.9. The molecule has 3 aromatic carbocycles. The van der Waals surface area contributed by atoms with Gasteiger partial charge in [-0.3, -0.25) is 4.90 Å². The van der Waals surface area contributed by atoms with E-state index < -0.39 is 35.1 Å². The number of aliphatic hydroxyl groups excluding tert-OH is 1. The predicted molar refractivity (Wildman–Crippen MR) is 169 cm³/mol. The second kappa shape index (κ2) is 14.0. The molecule has 1 saturated heterocycles. The van der Waals surface area contributed by atoms with E-state index >= 15 is 8.78 Å². The lowest BCUT2D eigenvalue weighted by molar-refractivity contribution is 0.0526. The van der Waals surface area contributed by atoms with Crippen molar-refractivity contribution in [1.29, 1.82) is 5.26 Å². The average molecular weight is 644 g/mol. The molecule has 5 nitrogen and oxygen atoms in total. The van der Waals surface area contributed by atoms with Gasteiger partial charge in [0.1, 0.15) is 17.0 Å². The molecule has 0 aliphatic carbocycles. The van der Waals surface area contributed by atoms with Crippen molar-refractivity contribution < 1.29 is 23.4 Å². The first-order valence-electron chi connectivity index (χ1n) is 14.8. The van der Waals surface area contributed by atoms with Gasteiger partial charge in [-0.2, -0.15) is 5.26 Å². The van der Waals surface area contributed by atoms with Crippen molar-refractivity contribution in [2.75, 3.05) is 19.8 Å². The number of nitriles is 1. The third-order valence-electron chi connectivity index (χ3n) is 8.45. The molecule has 0 spiro atoms. The second-order valence-corrected chi connectivity index (χ2v) is 13.4. The second-order valence-electron chi connectivity index (χ2n) is 12.5. The molecule has 234 valence electrons. The number of halogens is 4. The van der Waals surface area contributed by atoms with Gasteiger partial charge in [0.15, 0.2) is 0 Å². The van der Waals surface area contributed by atoms with Crippen molar-refractivity contribution in [1.82, 2.24) is 4.90 Å². The van der Waals surface area contributed by atoms with Gasteiger partial charge in [-0.05, 0) is 79.6 Å². The molecule has 0 bridgehead atoms. The van der Waals surface area contributed by atoms with E-state index in [2.05, 4.69) is 11.0 Å². The van der Waals surface area contributed by atoms with Gasteiger partial charge in [0, 0.05) is 28.6 Å². The van der Waals surface area contributed by atoms with Crippen LogP contribution in [0, 0.1) is 28.4 Å². The van der Waals surface area contributed by atoms with Crippen LogP contribution in [-0.2, 0) is 16.6 Å². The van der Waals surface area contributed by atoms with Gasteiger partial charge in [-0.1, -0.05) is 74.3 Å². The van der Waals surface area contributed by atoms with E-state index in [-0.39, 0.29) is 39.2 Å². The summed E-state index contributed by atoms with van der Waals surface area (Å²) in [6.07, 6.45) is 1.74. The van der Waals surface area contributed by atoms with Crippen molar-refractivity contribution in [3.05, 3.63) is 105 Å². The Kier molecular flexibility index (Phi) is 10.7. The number of hydrogen-bond donors (Lipinski definition) is 1. The highest BCUT2D eigenvalue weighted by Gasteiger charge is 2.62. The number of nitrogens with zero attached hydrogens (tertiary/aromatic N) is 2. The van der Waals surface area contributed by atoms with Crippen LogP contribution in [0.25, 0.3) is 0 Å². The largest absolute Gasteiger partial charge is 0.462 e. The monoisotopic (exact) mass is 642 g/mol. The molecule has 1 aliphatic heterocycles. The fraction of sp³-hybridized carbons (Fsp3) is 0.429. The van der Waals surface area contributed by atoms with Gasteiger partial charge in [0.05, 0.1) is 29.9 Å². The molecule has 1 heterocycles. The number of rotatable bonds is 10. The van der Waals surface area contributed by atoms with E-state index in [0.717, 1.165) is 5.56 Å². The number of aliphatic hydroxyl groups is 1. The van der Waals surface area contributed by atoms with Gasteiger partial charge in [0.25, 0.3) is 0 Å². The molecule has 0 radical (unpaired) electrons. The molecule has 1 aliphatic rings. The standard InChI is InChI=1S/C35H38Cl2F2N2O3/c1-5-44-33(43)23-13-11-22(12-14-23)8-7-17-41-29(20-42)31(25-9-6-10-27(37)32(25)39)35(21-40,30(41)19-34(2,3)4)26-16-15-24(36)18-28(26)38/h6,9-16,18,29-31,42H,5,7-8,17,19-20H2,1-4H3. The van der Waals surface area contributed by atoms with Crippen LogP contribution in [0.1, 0.15) is 73.5 Å². The molecule has 0 amide bonds. The van der Waals surface area contributed by atoms with Gasteiger partial charge in [-0.25, -0.2) is 13.6 Å². The highest BCUT2D eigenvalue weighted by Crippen LogP contribution is 2.56. The zero-order valence-corrected chi connectivity index (χ0v) is 26.9. The van der Waals surface area contributed by atoms with Crippen LogP contribution in [0.4, 0.5) is 8.78 Å². The van der Waals surface area contributed by atoms with E-state index in [1.165, 1.54) is 24.3 Å². The number of likely N-dealkylation sites (tertiary alicyclic amines) is 1. The maximum Gasteiger partial charge on any atom is 0.338 e. The summed E-state index contributed by atoms with van der Waals surface area (Å²) in [5.41, 5.74) is -0.156. The first-order valence-corrected chi connectivity index (χ1v) is 15.6. The Bertz CT molecular complexity index is 1520. The van der Waals surface area contributed by atoms with Crippen LogP contribution in [0.3, 0.4) is 0 Å². The first-order chi connectivity index (χ1) is 20.9. The van der Waals surface area contributed by atoms with E-state index in [0.29, 0.717) is 38.0 Å². The molecule has 0 aromatic heterocycles. The Morgan fingerprint density at radius 2 is 1.82 bits per heavy atom. The summed E-state index contributed by atoms with van der Waals surface area (Å²) in [6, 6.07) is 17.2. The molecule has 1 N–H and O–H groups in total. The predicted octanol–water partition coefficient (Wildman–Crippen LogP) is 8.11. The molecule has 4 atom stereocenters. The summed E-state index contributed by atoms with van der Waals surface area (Å²) in [6.45, 7) is 8.23. The van der Waals surface area contributed by atoms with E-state index in [4.69, 9.17) is 27.9 Å². The number of carbonyl (C=O) groups is 1. The van der Waals surface area contributed by atoms with E-state index in [1.54, 1.807) is 31.2 Å². The van der Waals surface area contributed by atoms with Crippen LogP contribution < -0.4 is 0 Å². The molecule has 1 fully saturated rings. The zero-order chi connectivity index (χ0) is 32.2. The molecule has 4 rings (SSSR count). The lowest BCUT2D eigenvalue weighted by atomic mass is 9.62. The molecule has 4 unspecified atom stereocenters. The Morgan fingerprint density at radius 3 is 2.41 bits per heavy atom. The summed E-state index contributed by atoms with van der Waals surface area (Å²) in [5.74, 6) is -2.67. The normalized spacial score (nSPS) is 22.1. The summed E-state index contributed by atoms with van der Waals surface area (Å²) in [7, 11) is 0. The minimum absolute atomic E-state index is 0.110.